The molecule has 1 amide bonds. The van der Waals surface area contributed by atoms with Gasteiger partial charge >= 0.3 is 5.97 Å². The lowest BCUT2D eigenvalue weighted by atomic mass is 9.93. The largest absolute Gasteiger partial charge is 0.481 e. The molecule has 0 aromatic heterocycles. The summed E-state index contributed by atoms with van der Waals surface area (Å²) >= 11 is 0. The average molecular weight is 245 g/mol. The second-order valence-corrected chi connectivity index (χ2v) is 4.60. The van der Waals surface area contributed by atoms with Crippen molar-refractivity contribution in [2.75, 3.05) is 6.61 Å². The number of nitrogens with one attached hydrogen (secondary N) is 1. The van der Waals surface area contributed by atoms with Crippen molar-refractivity contribution in [2.45, 2.75) is 52.0 Å². The van der Waals surface area contributed by atoms with Crippen molar-refractivity contribution in [3.8, 4) is 0 Å². The van der Waals surface area contributed by atoms with E-state index in [2.05, 4.69) is 5.32 Å². The van der Waals surface area contributed by atoms with Gasteiger partial charge < -0.3 is 15.5 Å². The Morgan fingerprint density at radius 2 is 1.76 bits per heavy atom. The fourth-order valence-corrected chi connectivity index (χ4v) is 1.72. The van der Waals surface area contributed by atoms with Crippen molar-refractivity contribution < 1.29 is 19.8 Å². The quantitative estimate of drug-likeness (QED) is 0.599. The maximum absolute atomic E-state index is 11.7. The normalized spacial score (nSPS) is 13.2. The monoisotopic (exact) mass is 245 g/mol. The lowest BCUT2D eigenvalue weighted by Gasteiger charge is -2.31. The average Bonchev–Trinajstić information content (AvgIpc) is 2.24. The Labute approximate surface area is 102 Å². The fraction of sp³-hybridized carbons (Fsp3) is 0.833. The molecule has 0 aromatic carbocycles. The molecule has 0 bridgehead atoms. The van der Waals surface area contributed by atoms with Crippen molar-refractivity contribution in [3.05, 3.63) is 0 Å². The van der Waals surface area contributed by atoms with Crippen molar-refractivity contribution in [3.63, 3.8) is 0 Å². The van der Waals surface area contributed by atoms with Crippen LogP contribution in [0.5, 0.6) is 0 Å². The highest BCUT2D eigenvalue weighted by atomic mass is 16.4. The summed E-state index contributed by atoms with van der Waals surface area (Å²) < 4.78 is 0. The number of rotatable bonds is 8. The molecule has 0 saturated carbocycles. The fourth-order valence-electron chi connectivity index (χ4n) is 1.72. The Morgan fingerprint density at radius 1 is 1.24 bits per heavy atom. The van der Waals surface area contributed by atoms with Crippen LogP contribution in [0.3, 0.4) is 0 Å². The molecule has 0 saturated heterocycles. The Bertz CT molecular complexity index is 253. The van der Waals surface area contributed by atoms with Gasteiger partial charge in [0.1, 0.15) is 0 Å². The second-order valence-electron chi connectivity index (χ2n) is 4.60. The van der Waals surface area contributed by atoms with E-state index in [0.29, 0.717) is 12.8 Å². The minimum atomic E-state index is -0.898. The summed E-state index contributed by atoms with van der Waals surface area (Å²) in [6, 6.07) is 0. The maximum atomic E-state index is 11.7. The number of amides is 1. The zero-order chi connectivity index (χ0) is 13.5. The van der Waals surface area contributed by atoms with E-state index in [9.17, 15) is 14.7 Å². The first-order chi connectivity index (χ1) is 7.89. The van der Waals surface area contributed by atoms with E-state index < -0.39 is 11.5 Å². The summed E-state index contributed by atoms with van der Waals surface area (Å²) in [5.74, 6) is -1.29. The third-order valence-corrected chi connectivity index (χ3v) is 3.12. The van der Waals surface area contributed by atoms with Crippen LogP contribution < -0.4 is 5.32 Å². The number of carbonyl (C=O) groups excluding carboxylic acids is 1. The number of hydrogen-bond acceptors (Lipinski definition) is 3. The van der Waals surface area contributed by atoms with Gasteiger partial charge in [0.2, 0.25) is 5.91 Å². The molecule has 0 rings (SSSR count). The van der Waals surface area contributed by atoms with Crippen molar-refractivity contribution >= 4 is 11.9 Å². The van der Waals surface area contributed by atoms with Gasteiger partial charge in [-0.15, -0.1) is 0 Å². The van der Waals surface area contributed by atoms with Crippen LogP contribution in [0.25, 0.3) is 0 Å². The number of carbonyl (C=O) groups is 2. The van der Waals surface area contributed by atoms with E-state index in [0.717, 1.165) is 0 Å². The van der Waals surface area contributed by atoms with Gasteiger partial charge in [-0.3, -0.25) is 9.59 Å². The van der Waals surface area contributed by atoms with Gasteiger partial charge in [-0.2, -0.15) is 0 Å². The summed E-state index contributed by atoms with van der Waals surface area (Å²) in [5, 5.41) is 20.7. The van der Waals surface area contributed by atoms with Gasteiger partial charge in [0.25, 0.3) is 0 Å². The smallest absolute Gasteiger partial charge is 0.303 e. The van der Waals surface area contributed by atoms with Crippen LogP contribution in [0.15, 0.2) is 0 Å². The number of aliphatic carboxylic acids is 1. The molecule has 0 aliphatic rings. The van der Waals surface area contributed by atoms with E-state index in [1.165, 1.54) is 0 Å². The van der Waals surface area contributed by atoms with E-state index in [1.807, 2.05) is 13.8 Å². The summed E-state index contributed by atoms with van der Waals surface area (Å²) in [5.41, 5.74) is -0.569. The molecule has 0 aromatic rings. The molecule has 100 valence electrons. The standard InChI is InChI=1S/C12H23NO4/c1-4-12(5-2,8-14)13-10(15)6-9(3)7-11(16)17/h9,14H,4-8H2,1-3H3,(H,13,15)(H,16,17). The van der Waals surface area contributed by atoms with E-state index in [-0.39, 0.29) is 31.3 Å². The van der Waals surface area contributed by atoms with Crippen LogP contribution in [0, 0.1) is 5.92 Å². The minimum Gasteiger partial charge on any atom is -0.481 e. The number of hydrogen-bond donors (Lipinski definition) is 3. The predicted octanol–water partition coefficient (Wildman–Crippen LogP) is 1.15. The SMILES string of the molecule is CCC(CC)(CO)NC(=O)CC(C)CC(=O)O. The topological polar surface area (TPSA) is 86.6 Å². The molecule has 1 atom stereocenters. The van der Waals surface area contributed by atoms with Gasteiger partial charge in [-0.1, -0.05) is 20.8 Å². The first-order valence-electron chi connectivity index (χ1n) is 6.02. The van der Waals surface area contributed by atoms with Crippen LogP contribution in [-0.2, 0) is 9.59 Å². The van der Waals surface area contributed by atoms with Gasteiger partial charge in [-0.05, 0) is 18.8 Å². The van der Waals surface area contributed by atoms with Crippen molar-refractivity contribution in [2.24, 2.45) is 5.92 Å². The van der Waals surface area contributed by atoms with Crippen LogP contribution >= 0.6 is 0 Å². The van der Waals surface area contributed by atoms with E-state index in [1.54, 1.807) is 6.92 Å². The highest BCUT2D eigenvalue weighted by Gasteiger charge is 2.27. The number of carboxylic acid groups (broad SMARTS) is 1. The van der Waals surface area contributed by atoms with E-state index in [4.69, 9.17) is 5.11 Å². The highest BCUT2D eigenvalue weighted by Crippen LogP contribution is 2.15. The molecule has 3 N–H and O–H groups in total. The minimum absolute atomic E-state index is 0.0161. The molecule has 0 aliphatic carbocycles. The molecular weight excluding hydrogens is 222 g/mol. The summed E-state index contributed by atoms with van der Waals surface area (Å²) in [4.78, 5) is 22.2. The van der Waals surface area contributed by atoms with Crippen LogP contribution in [0.2, 0.25) is 0 Å². The Kier molecular flexibility index (Phi) is 6.80. The predicted molar refractivity (Wildman–Crippen MR) is 64.6 cm³/mol. The Morgan fingerprint density at radius 3 is 2.12 bits per heavy atom. The molecule has 17 heavy (non-hydrogen) atoms. The number of aliphatic hydroxyl groups excluding tert-OH is 1. The van der Waals surface area contributed by atoms with Gasteiger partial charge in [-0.25, -0.2) is 0 Å². The third kappa shape index (κ3) is 5.68. The summed E-state index contributed by atoms with van der Waals surface area (Å²) in [7, 11) is 0. The van der Waals surface area contributed by atoms with E-state index >= 15 is 0 Å². The van der Waals surface area contributed by atoms with Crippen LogP contribution in [0.1, 0.15) is 46.5 Å². The number of carboxylic acids is 1. The third-order valence-electron chi connectivity index (χ3n) is 3.12. The van der Waals surface area contributed by atoms with Gasteiger partial charge in [0.05, 0.1) is 12.1 Å². The summed E-state index contributed by atoms with van der Waals surface area (Å²) in [6.45, 7) is 5.44. The van der Waals surface area contributed by atoms with Crippen molar-refractivity contribution in [1.29, 1.82) is 0 Å². The van der Waals surface area contributed by atoms with Crippen molar-refractivity contribution in [1.82, 2.24) is 5.32 Å². The van der Waals surface area contributed by atoms with Gasteiger partial charge in [0.15, 0.2) is 0 Å². The molecule has 5 nitrogen and oxygen atoms in total. The molecule has 0 aliphatic heterocycles. The zero-order valence-corrected chi connectivity index (χ0v) is 10.8. The van der Waals surface area contributed by atoms with Crippen LogP contribution in [0.4, 0.5) is 0 Å². The highest BCUT2D eigenvalue weighted by molar-refractivity contribution is 5.78. The maximum Gasteiger partial charge on any atom is 0.303 e. The molecular formula is C12H23NO4. The number of aliphatic hydroxyl groups is 1. The molecule has 0 spiro atoms. The zero-order valence-electron chi connectivity index (χ0n) is 10.8. The molecule has 5 heteroatoms. The molecule has 0 radical (unpaired) electrons. The first kappa shape index (κ1) is 15.9. The summed E-state index contributed by atoms with van der Waals surface area (Å²) in [6.07, 6.45) is 1.46. The van der Waals surface area contributed by atoms with Crippen LogP contribution in [-0.4, -0.2) is 34.2 Å². The Balaban J connectivity index is 4.28. The first-order valence-corrected chi connectivity index (χ1v) is 6.02. The molecule has 1 unspecified atom stereocenters. The lowest BCUT2D eigenvalue weighted by molar-refractivity contribution is -0.138. The Hall–Kier alpha value is -1.10. The molecule has 0 heterocycles. The lowest BCUT2D eigenvalue weighted by Crippen LogP contribution is -2.50. The van der Waals surface area contributed by atoms with Gasteiger partial charge in [0, 0.05) is 12.8 Å². The second kappa shape index (κ2) is 7.27. The molecule has 0 fully saturated rings.